The van der Waals surface area contributed by atoms with Crippen LogP contribution < -0.4 is 0 Å². The number of benzene rings is 3. The van der Waals surface area contributed by atoms with Gasteiger partial charge in [0.2, 0.25) is 5.78 Å². The summed E-state index contributed by atoms with van der Waals surface area (Å²) in [6.45, 7) is 0. The standard InChI is InChI=1S/C25H16O3/c26-23-19-14-17-12-7-13-18(15-8-3-1-4-9-15)20(17)22(19)24(27)21(25(23)28)16-10-5-2-6-11-16/h1-14,27-28H. The van der Waals surface area contributed by atoms with Crippen molar-refractivity contribution in [3.63, 3.8) is 0 Å². The van der Waals surface area contributed by atoms with Crippen LogP contribution >= 0.6 is 0 Å². The number of rotatable bonds is 2. The van der Waals surface area contributed by atoms with Gasteiger partial charge in [-0.2, -0.15) is 0 Å². The number of aliphatic hydroxyl groups excluding tert-OH is 2. The predicted molar refractivity (Wildman–Crippen MR) is 110 cm³/mol. The van der Waals surface area contributed by atoms with Crippen LogP contribution in [0.2, 0.25) is 0 Å². The van der Waals surface area contributed by atoms with Gasteiger partial charge < -0.3 is 10.2 Å². The molecular formula is C25H16O3. The molecule has 0 radical (unpaired) electrons. The van der Waals surface area contributed by atoms with Crippen LogP contribution in [0.5, 0.6) is 0 Å². The predicted octanol–water partition coefficient (Wildman–Crippen LogP) is 5.57. The highest BCUT2D eigenvalue weighted by Gasteiger charge is 2.38. The van der Waals surface area contributed by atoms with E-state index >= 15 is 0 Å². The van der Waals surface area contributed by atoms with Crippen molar-refractivity contribution < 1.29 is 15.0 Å². The molecule has 0 bridgehead atoms. The molecule has 2 N–H and O–H groups in total. The third kappa shape index (κ3) is 2.26. The molecule has 0 atom stereocenters. The first-order valence-electron chi connectivity index (χ1n) is 9.04. The molecular weight excluding hydrogens is 348 g/mol. The van der Waals surface area contributed by atoms with Crippen molar-refractivity contribution >= 4 is 23.0 Å². The second-order valence-corrected chi connectivity index (χ2v) is 6.84. The lowest BCUT2D eigenvalue weighted by Gasteiger charge is -2.21. The zero-order valence-corrected chi connectivity index (χ0v) is 14.9. The molecule has 2 aliphatic rings. The quantitative estimate of drug-likeness (QED) is 0.625. The lowest BCUT2D eigenvalue weighted by Crippen LogP contribution is -2.16. The Morgan fingerprint density at radius 1 is 0.607 bits per heavy atom. The van der Waals surface area contributed by atoms with Crippen molar-refractivity contribution in [1.82, 2.24) is 0 Å². The highest BCUT2D eigenvalue weighted by Crippen LogP contribution is 2.48. The third-order valence-electron chi connectivity index (χ3n) is 5.23. The number of Topliss-reactive ketones (excluding diaryl/α,β-unsaturated/α-hetero) is 1. The van der Waals surface area contributed by atoms with Gasteiger partial charge in [0.15, 0.2) is 5.76 Å². The molecule has 0 unspecified atom stereocenters. The van der Waals surface area contributed by atoms with Crippen molar-refractivity contribution in [3.8, 4) is 11.1 Å². The Labute approximate surface area is 162 Å². The van der Waals surface area contributed by atoms with Crippen molar-refractivity contribution in [1.29, 1.82) is 0 Å². The van der Waals surface area contributed by atoms with Gasteiger partial charge in [0.05, 0.1) is 5.57 Å². The van der Waals surface area contributed by atoms with E-state index in [1.54, 1.807) is 30.3 Å². The Bertz CT molecular complexity index is 1210. The second-order valence-electron chi connectivity index (χ2n) is 6.84. The minimum absolute atomic E-state index is 0.0725. The number of hydrogen-bond acceptors (Lipinski definition) is 3. The molecule has 5 rings (SSSR count). The Morgan fingerprint density at radius 3 is 1.93 bits per heavy atom. The SMILES string of the molecule is O=C1C2=Cc3cccc(-c4ccccc4)c3C2=C(O)C(c2ccccc2)=C1O. The fourth-order valence-corrected chi connectivity index (χ4v) is 3.97. The van der Waals surface area contributed by atoms with Crippen molar-refractivity contribution in [2.24, 2.45) is 0 Å². The smallest absolute Gasteiger partial charge is 0.228 e. The van der Waals surface area contributed by atoms with Crippen molar-refractivity contribution in [2.45, 2.75) is 0 Å². The van der Waals surface area contributed by atoms with Gasteiger partial charge in [-0.25, -0.2) is 0 Å². The lowest BCUT2D eigenvalue weighted by atomic mass is 9.84. The van der Waals surface area contributed by atoms with E-state index in [4.69, 9.17) is 0 Å². The average molecular weight is 364 g/mol. The minimum Gasteiger partial charge on any atom is -0.506 e. The zero-order chi connectivity index (χ0) is 19.3. The summed E-state index contributed by atoms with van der Waals surface area (Å²) in [6.07, 6.45) is 1.74. The molecule has 0 aliphatic heterocycles. The molecule has 0 saturated carbocycles. The number of carbonyl (C=O) groups is 1. The maximum absolute atomic E-state index is 12.9. The number of fused-ring (bicyclic) bond motifs is 3. The van der Waals surface area contributed by atoms with E-state index in [-0.39, 0.29) is 11.3 Å². The third-order valence-corrected chi connectivity index (χ3v) is 5.23. The van der Waals surface area contributed by atoms with Crippen LogP contribution in [-0.4, -0.2) is 16.0 Å². The minimum atomic E-state index is -0.470. The number of hydrogen-bond donors (Lipinski definition) is 2. The lowest BCUT2D eigenvalue weighted by molar-refractivity contribution is -0.114. The van der Waals surface area contributed by atoms with Crippen LogP contribution in [0.25, 0.3) is 28.3 Å². The maximum atomic E-state index is 12.9. The van der Waals surface area contributed by atoms with Crippen LogP contribution in [0.3, 0.4) is 0 Å². The van der Waals surface area contributed by atoms with Crippen LogP contribution in [0.4, 0.5) is 0 Å². The molecule has 28 heavy (non-hydrogen) atoms. The summed E-state index contributed by atoms with van der Waals surface area (Å²) in [5, 5.41) is 21.7. The fraction of sp³-hybridized carbons (Fsp3) is 0. The molecule has 3 nitrogen and oxygen atoms in total. The van der Waals surface area contributed by atoms with E-state index in [1.807, 2.05) is 54.6 Å². The van der Waals surface area contributed by atoms with Gasteiger partial charge in [-0.3, -0.25) is 4.79 Å². The summed E-state index contributed by atoms with van der Waals surface area (Å²) in [7, 11) is 0. The Hall–Kier alpha value is -3.85. The zero-order valence-electron chi connectivity index (χ0n) is 14.9. The molecule has 0 saturated heterocycles. The van der Waals surface area contributed by atoms with Gasteiger partial charge in [0.25, 0.3) is 0 Å². The van der Waals surface area contributed by atoms with E-state index < -0.39 is 11.5 Å². The molecule has 3 aromatic rings. The molecule has 0 spiro atoms. The molecule has 134 valence electrons. The highest BCUT2D eigenvalue weighted by molar-refractivity contribution is 6.30. The average Bonchev–Trinajstić information content (AvgIpc) is 3.14. The molecule has 3 aromatic carbocycles. The van der Waals surface area contributed by atoms with Crippen molar-refractivity contribution in [3.05, 3.63) is 113 Å². The number of aliphatic hydroxyl groups is 2. The van der Waals surface area contributed by atoms with E-state index in [9.17, 15) is 15.0 Å². The van der Waals surface area contributed by atoms with E-state index in [2.05, 4.69) is 0 Å². The molecule has 0 aromatic heterocycles. The normalized spacial score (nSPS) is 15.4. The van der Waals surface area contributed by atoms with Crippen LogP contribution in [0, 0.1) is 0 Å². The highest BCUT2D eigenvalue weighted by atomic mass is 16.3. The molecule has 3 heteroatoms. The van der Waals surface area contributed by atoms with E-state index in [0.717, 1.165) is 22.3 Å². The Kier molecular flexibility index (Phi) is 3.56. The number of allylic oxidation sites excluding steroid dienone is 3. The Balaban J connectivity index is 1.80. The van der Waals surface area contributed by atoms with Crippen LogP contribution in [-0.2, 0) is 4.79 Å². The molecule has 0 heterocycles. The summed E-state index contributed by atoms with van der Waals surface area (Å²) < 4.78 is 0. The Morgan fingerprint density at radius 2 is 1.25 bits per heavy atom. The fourth-order valence-electron chi connectivity index (χ4n) is 3.97. The first-order valence-corrected chi connectivity index (χ1v) is 9.04. The van der Waals surface area contributed by atoms with E-state index in [1.165, 1.54) is 0 Å². The largest absolute Gasteiger partial charge is 0.506 e. The van der Waals surface area contributed by atoms with Gasteiger partial charge in [-0.15, -0.1) is 0 Å². The van der Waals surface area contributed by atoms with Crippen LogP contribution in [0.1, 0.15) is 16.7 Å². The second kappa shape index (κ2) is 6.10. The first-order chi connectivity index (χ1) is 13.7. The van der Waals surface area contributed by atoms with Gasteiger partial charge in [0, 0.05) is 16.7 Å². The van der Waals surface area contributed by atoms with E-state index in [0.29, 0.717) is 16.7 Å². The molecule has 0 amide bonds. The number of ketones is 1. The maximum Gasteiger partial charge on any atom is 0.228 e. The summed E-state index contributed by atoms with van der Waals surface area (Å²) in [6, 6.07) is 24.7. The monoisotopic (exact) mass is 364 g/mol. The van der Waals surface area contributed by atoms with Gasteiger partial charge >= 0.3 is 0 Å². The van der Waals surface area contributed by atoms with Gasteiger partial charge in [-0.1, -0.05) is 78.9 Å². The van der Waals surface area contributed by atoms with Crippen molar-refractivity contribution in [2.75, 3.05) is 0 Å². The van der Waals surface area contributed by atoms with Gasteiger partial charge in [0.1, 0.15) is 5.76 Å². The number of carbonyl (C=O) groups excluding carboxylic acids is 1. The van der Waals surface area contributed by atoms with Crippen LogP contribution in [0.15, 0.2) is 96.0 Å². The van der Waals surface area contributed by atoms with Gasteiger partial charge in [-0.05, 0) is 28.3 Å². The summed E-state index contributed by atoms with van der Waals surface area (Å²) in [5.41, 5.74) is 5.19. The first kappa shape index (κ1) is 16.3. The summed E-state index contributed by atoms with van der Waals surface area (Å²) in [4.78, 5) is 12.9. The molecule has 2 aliphatic carbocycles. The summed E-state index contributed by atoms with van der Waals surface area (Å²) in [5.74, 6) is -0.966. The molecule has 0 fully saturated rings. The topological polar surface area (TPSA) is 57.5 Å². The summed E-state index contributed by atoms with van der Waals surface area (Å²) >= 11 is 0.